The van der Waals surface area contributed by atoms with Crippen LogP contribution in [0.3, 0.4) is 0 Å². The van der Waals surface area contributed by atoms with Gasteiger partial charge in [-0.25, -0.2) is 8.42 Å². The van der Waals surface area contributed by atoms with Crippen molar-refractivity contribution in [2.45, 2.75) is 24.6 Å². The minimum atomic E-state index is -3.22. The molecule has 0 fully saturated rings. The second-order valence-corrected chi connectivity index (χ2v) is 8.12. The Labute approximate surface area is 120 Å². The molecule has 0 amide bonds. The number of aromatic nitrogens is 1. The fourth-order valence-corrected chi connectivity index (χ4v) is 3.13. The highest BCUT2D eigenvalue weighted by molar-refractivity contribution is 7.92. The van der Waals surface area contributed by atoms with Gasteiger partial charge in [0, 0.05) is 17.8 Å². The molecule has 0 aliphatic heterocycles. The van der Waals surface area contributed by atoms with E-state index in [0.717, 1.165) is 16.5 Å². The van der Waals surface area contributed by atoms with Gasteiger partial charge in [0.05, 0.1) is 16.3 Å². The summed E-state index contributed by atoms with van der Waals surface area (Å²) in [6, 6.07) is 9.38. The molecular formula is C15H20N2O2S. The lowest BCUT2D eigenvalue weighted by molar-refractivity contribution is 0.448. The molecule has 2 aromatic rings. The van der Waals surface area contributed by atoms with E-state index in [0.29, 0.717) is 0 Å². The fraction of sp³-hybridized carbons (Fsp3) is 0.400. The van der Waals surface area contributed by atoms with Crippen molar-refractivity contribution in [2.75, 3.05) is 13.3 Å². The first-order valence-electron chi connectivity index (χ1n) is 6.49. The Morgan fingerprint density at radius 2 is 1.85 bits per heavy atom. The Morgan fingerprint density at radius 1 is 1.20 bits per heavy atom. The van der Waals surface area contributed by atoms with Crippen molar-refractivity contribution in [1.29, 1.82) is 0 Å². The number of benzene rings is 1. The largest absolute Gasteiger partial charge is 0.312 e. The van der Waals surface area contributed by atoms with Crippen molar-refractivity contribution in [1.82, 2.24) is 10.3 Å². The first-order valence-corrected chi connectivity index (χ1v) is 8.38. The van der Waals surface area contributed by atoms with Gasteiger partial charge in [0.25, 0.3) is 0 Å². The molecule has 0 bridgehead atoms. The van der Waals surface area contributed by atoms with Crippen molar-refractivity contribution in [3.63, 3.8) is 0 Å². The summed E-state index contributed by atoms with van der Waals surface area (Å²) in [6.07, 6.45) is 3.00. The van der Waals surface area contributed by atoms with Gasteiger partial charge in [0.2, 0.25) is 0 Å². The second kappa shape index (κ2) is 5.14. The number of nitrogens with one attached hydrogen (secondary N) is 1. The van der Waals surface area contributed by atoms with Gasteiger partial charge < -0.3 is 5.32 Å². The minimum Gasteiger partial charge on any atom is -0.312 e. The van der Waals surface area contributed by atoms with Crippen LogP contribution in [-0.2, 0) is 9.84 Å². The molecule has 1 unspecified atom stereocenters. The van der Waals surface area contributed by atoms with Gasteiger partial charge in [-0.1, -0.05) is 24.3 Å². The highest BCUT2D eigenvalue weighted by Gasteiger charge is 2.39. The lowest BCUT2D eigenvalue weighted by atomic mass is 9.93. The van der Waals surface area contributed by atoms with Gasteiger partial charge in [0.1, 0.15) is 0 Å². The topological polar surface area (TPSA) is 59.1 Å². The zero-order valence-corrected chi connectivity index (χ0v) is 13.0. The molecule has 1 aromatic carbocycles. The average Bonchev–Trinajstić information content (AvgIpc) is 2.38. The van der Waals surface area contributed by atoms with Gasteiger partial charge in [-0.05, 0) is 32.5 Å². The van der Waals surface area contributed by atoms with Crippen LogP contribution in [0, 0.1) is 0 Å². The highest BCUT2D eigenvalue weighted by Crippen LogP contribution is 2.34. The van der Waals surface area contributed by atoms with Gasteiger partial charge in [-0.3, -0.25) is 4.98 Å². The molecule has 1 aromatic heterocycles. The molecule has 4 nitrogen and oxygen atoms in total. The van der Waals surface area contributed by atoms with Crippen LogP contribution in [0.5, 0.6) is 0 Å². The van der Waals surface area contributed by atoms with E-state index in [1.165, 1.54) is 6.26 Å². The van der Waals surface area contributed by atoms with E-state index in [2.05, 4.69) is 10.3 Å². The monoisotopic (exact) mass is 292 g/mol. The smallest absolute Gasteiger partial charge is 0.154 e. The molecule has 0 radical (unpaired) electrons. The molecule has 1 atom stereocenters. The third-order valence-corrected chi connectivity index (χ3v) is 6.06. The maximum atomic E-state index is 12.1. The van der Waals surface area contributed by atoms with Crippen LogP contribution in [0.1, 0.15) is 25.5 Å². The van der Waals surface area contributed by atoms with Crippen molar-refractivity contribution in [2.24, 2.45) is 0 Å². The SMILES string of the molecule is CNC(c1cccc2cccnc12)C(C)(C)S(C)(=O)=O. The van der Waals surface area contributed by atoms with E-state index in [-0.39, 0.29) is 6.04 Å². The van der Waals surface area contributed by atoms with Crippen LogP contribution < -0.4 is 5.32 Å². The number of sulfone groups is 1. The van der Waals surface area contributed by atoms with Crippen molar-refractivity contribution in [3.05, 3.63) is 42.1 Å². The van der Waals surface area contributed by atoms with Gasteiger partial charge in [-0.15, -0.1) is 0 Å². The molecule has 2 rings (SSSR count). The molecular weight excluding hydrogens is 272 g/mol. The second-order valence-electron chi connectivity index (χ2n) is 5.52. The number of fused-ring (bicyclic) bond motifs is 1. The van der Waals surface area contributed by atoms with Crippen molar-refractivity contribution < 1.29 is 8.42 Å². The lowest BCUT2D eigenvalue weighted by Gasteiger charge is -2.33. The lowest BCUT2D eigenvalue weighted by Crippen LogP contribution is -2.43. The predicted molar refractivity (Wildman–Crippen MR) is 82.5 cm³/mol. The molecule has 0 aliphatic rings. The van der Waals surface area contributed by atoms with Crippen LogP contribution >= 0.6 is 0 Å². The van der Waals surface area contributed by atoms with Crippen LogP contribution in [-0.4, -0.2) is 31.5 Å². The number of pyridine rings is 1. The van der Waals surface area contributed by atoms with E-state index in [1.54, 1.807) is 27.1 Å². The van der Waals surface area contributed by atoms with E-state index in [4.69, 9.17) is 0 Å². The number of para-hydroxylation sites is 1. The summed E-state index contributed by atoms with van der Waals surface area (Å²) in [4.78, 5) is 4.41. The number of hydrogen-bond donors (Lipinski definition) is 1. The van der Waals surface area contributed by atoms with Crippen LogP contribution in [0.4, 0.5) is 0 Å². The molecule has 0 saturated heterocycles. The highest BCUT2D eigenvalue weighted by atomic mass is 32.2. The summed E-state index contributed by atoms with van der Waals surface area (Å²) in [5.41, 5.74) is 1.74. The molecule has 0 saturated carbocycles. The predicted octanol–water partition coefficient (Wildman–Crippen LogP) is 2.32. The third kappa shape index (κ3) is 2.43. The third-order valence-electron chi connectivity index (χ3n) is 3.91. The zero-order valence-electron chi connectivity index (χ0n) is 12.2. The summed E-state index contributed by atoms with van der Waals surface area (Å²) in [7, 11) is -1.44. The number of hydrogen-bond acceptors (Lipinski definition) is 4. The van der Waals surface area contributed by atoms with Crippen LogP contribution in [0.25, 0.3) is 10.9 Å². The molecule has 108 valence electrons. The zero-order chi connectivity index (χ0) is 15.0. The average molecular weight is 292 g/mol. The minimum absolute atomic E-state index is 0.323. The summed E-state index contributed by atoms with van der Waals surface area (Å²) < 4.78 is 23.3. The molecule has 5 heteroatoms. The molecule has 0 aliphatic carbocycles. The van der Waals surface area contributed by atoms with E-state index < -0.39 is 14.6 Å². The number of rotatable bonds is 4. The Morgan fingerprint density at radius 3 is 2.45 bits per heavy atom. The van der Waals surface area contributed by atoms with E-state index >= 15 is 0 Å². The Kier molecular flexibility index (Phi) is 3.84. The standard InChI is InChI=1S/C15H20N2O2S/c1-15(2,20(4,18)19)14(16-3)12-9-5-7-11-8-6-10-17-13(11)12/h5-10,14,16H,1-4H3. The van der Waals surface area contributed by atoms with Crippen molar-refractivity contribution in [3.8, 4) is 0 Å². The van der Waals surface area contributed by atoms with Gasteiger partial charge in [-0.2, -0.15) is 0 Å². The molecule has 1 N–H and O–H groups in total. The van der Waals surface area contributed by atoms with Crippen molar-refractivity contribution >= 4 is 20.7 Å². The van der Waals surface area contributed by atoms with Gasteiger partial charge in [0.15, 0.2) is 9.84 Å². The quantitative estimate of drug-likeness (QED) is 0.939. The van der Waals surface area contributed by atoms with Gasteiger partial charge >= 0.3 is 0 Å². The maximum absolute atomic E-state index is 12.1. The van der Waals surface area contributed by atoms with Crippen LogP contribution in [0.15, 0.2) is 36.5 Å². The Balaban J connectivity index is 2.68. The van der Waals surface area contributed by atoms with Crippen LogP contribution in [0.2, 0.25) is 0 Å². The molecule has 1 heterocycles. The summed E-state index contributed by atoms with van der Waals surface area (Å²) >= 11 is 0. The fourth-order valence-electron chi connectivity index (χ4n) is 2.45. The summed E-state index contributed by atoms with van der Waals surface area (Å²) in [6.45, 7) is 3.48. The number of nitrogens with zero attached hydrogens (tertiary/aromatic N) is 1. The van der Waals surface area contributed by atoms with E-state index in [1.807, 2.05) is 30.3 Å². The Hall–Kier alpha value is -1.46. The Bertz CT molecular complexity index is 718. The normalized spacial score (nSPS) is 14.4. The molecule has 20 heavy (non-hydrogen) atoms. The molecule has 0 spiro atoms. The summed E-state index contributed by atoms with van der Waals surface area (Å²) in [5, 5.41) is 4.15. The van der Waals surface area contributed by atoms with E-state index in [9.17, 15) is 8.42 Å². The summed E-state index contributed by atoms with van der Waals surface area (Å²) in [5.74, 6) is 0. The maximum Gasteiger partial charge on any atom is 0.154 e. The first kappa shape index (κ1) is 14.9. The first-order chi connectivity index (χ1) is 9.29.